The molecule has 1 aromatic carbocycles. The number of anilines is 1. The number of nitrogens with zero attached hydrogens (tertiary/aromatic N) is 1. The highest BCUT2D eigenvalue weighted by Crippen LogP contribution is 2.22. The Kier molecular flexibility index (Phi) is 5.42. The molecule has 3 nitrogen and oxygen atoms in total. The van der Waals surface area contributed by atoms with E-state index >= 15 is 0 Å². The van der Waals surface area contributed by atoms with Gasteiger partial charge in [-0.25, -0.2) is 4.98 Å². The Bertz CT molecular complexity index is 513. The van der Waals surface area contributed by atoms with Gasteiger partial charge in [0.25, 0.3) is 0 Å². The lowest BCUT2D eigenvalue weighted by Crippen LogP contribution is -2.17. The molecule has 0 saturated carbocycles. The van der Waals surface area contributed by atoms with Crippen LogP contribution >= 0.6 is 0 Å². The fourth-order valence-electron chi connectivity index (χ4n) is 2.10. The molecule has 1 N–H and O–H groups in total. The molecule has 0 aliphatic rings. The number of benzene rings is 1. The van der Waals surface area contributed by atoms with Crippen molar-refractivity contribution in [2.24, 2.45) is 0 Å². The molecule has 1 atom stereocenters. The van der Waals surface area contributed by atoms with Crippen LogP contribution in [-0.2, 0) is 6.42 Å². The Morgan fingerprint density at radius 3 is 2.70 bits per heavy atom. The predicted octanol–water partition coefficient (Wildman–Crippen LogP) is 3.91. The molecule has 0 fully saturated rings. The topological polar surface area (TPSA) is 34.1 Å². The molecule has 0 aliphatic heterocycles. The molecule has 0 saturated heterocycles. The molecule has 1 unspecified atom stereocenters. The van der Waals surface area contributed by atoms with Crippen LogP contribution in [0.15, 0.2) is 48.7 Å². The highest BCUT2D eigenvalue weighted by molar-refractivity contribution is 5.50. The van der Waals surface area contributed by atoms with Gasteiger partial charge in [0.1, 0.15) is 0 Å². The average Bonchev–Trinajstić information content (AvgIpc) is 2.49. The van der Waals surface area contributed by atoms with Crippen LogP contribution in [0.3, 0.4) is 0 Å². The van der Waals surface area contributed by atoms with Crippen LogP contribution in [0.25, 0.3) is 0 Å². The van der Waals surface area contributed by atoms with Crippen LogP contribution < -0.4 is 10.1 Å². The third-order valence-electron chi connectivity index (χ3n) is 3.16. The maximum atomic E-state index is 5.58. The second-order valence-electron chi connectivity index (χ2n) is 4.85. The molecule has 1 aromatic heterocycles. The van der Waals surface area contributed by atoms with Crippen molar-refractivity contribution in [3.8, 4) is 5.75 Å². The Morgan fingerprint density at radius 1 is 1.15 bits per heavy atom. The maximum absolute atomic E-state index is 5.58. The zero-order valence-electron chi connectivity index (χ0n) is 12.2. The fourth-order valence-corrected chi connectivity index (χ4v) is 2.10. The van der Waals surface area contributed by atoms with E-state index in [9.17, 15) is 0 Å². The van der Waals surface area contributed by atoms with Gasteiger partial charge in [-0.15, -0.1) is 0 Å². The highest BCUT2D eigenvalue weighted by Gasteiger charge is 2.08. The van der Waals surface area contributed by atoms with Crippen molar-refractivity contribution < 1.29 is 4.74 Å². The van der Waals surface area contributed by atoms with Gasteiger partial charge in [-0.3, -0.25) is 0 Å². The quantitative estimate of drug-likeness (QED) is 0.828. The molecule has 3 heteroatoms. The minimum absolute atomic E-state index is 0.351. The number of hydrogen-bond donors (Lipinski definition) is 1. The predicted molar refractivity (Wildman–Crippen MR) is 83.3 cm³/mol. The summed E-state index contributed by atoms with van der Waals surface area (Å²) in [5, 5.41) is 3.43. The Hall–Kier alpha value is -2.03. The van der Waals surface area contributed by atoms with Gasteiger partial charge in [0.05, 0.1) is 6.61 Å². The van der Waals surface area contributed by atoms with E-state index in [1.807, 2.05) is 25.1 Å². The van der Waals surface area contributed by atoms with E-state index in [-0.39, 0.29) is 0 Å². The summed E-state index contributed by atoms with van der Waals surface area (Å²) in [6.45, 7) is 4.81. The van der Waals surface area contributed by atoms with Crippen LogP contribution in [0.4, 0.5) is 5.82 Å². The van der Waals surface area contributed by atoms with E-state index in [2.05, 4.69) is 41.5 Å². The summed E-state index contributed by atoms with van der Waals surface area (Å²) in [6, 6.07) is 14.7. The number of rotatable bonds is 7. The number of aryl methyl sites for hydroxylation is 1. The van der Waals surface area contributed by atoms with Gasteiger partial charge in [0.2, 0.25) is 0 Å². The molecule has 106 valence electrons. The molecular weight excluding hydrogens is 248 g/mol. The molecule has 1 heterocycles. The molecule has 0 aliphatic carbocycles. The summed E-state index contributed by atoms with van der Waals surface area (Å²) in [4.78, 5) is 4.36. The molecular formula is C17H22N2O. The fraction of sp³-hybridized carbons (Fsp3) is 0.353. The first-order chi connectivity index (χ1) is 9.79. The molecule has 0 bridgehead atoms. The summed E-state index contributed by atoms with van der Waals surface area (Å²) < 4.78 is 5.58. The lowest BCUT2D eigenvalue weighted by Gasteiger charge is -2.17. The zero-order valence-corrected chi connectivity index (χ0v) is 12.2. The van der Waals surface area contributed by atoms with Crippen molar-refractivity contribution >= 4 is 5.82 Å². The summed E-state index contributed by atoms with van der Waals surface area (Å²) in [5.41, 5.74) is 1.37. The standard InChI is InChI=1S/C17H22N2O/c1-3-20-16-10-7-13-18-17(16)19-14(2)11-12-15-8-5-4-6-9-15/h4-10,13-14H,3,11-12H2,1-2H3,(H,18,19). The SMILES string of the molecule is CCOc1cccnc1NC(C)CCc1ccccc1. The van der Waals surface area contributed by atoms with Gasteiger partial charge in [-0.05, 0) is 44.4 Å². The Morgan fingerprint density at radius 2 is 1.95 bits per heavy atom. The minimum atomic E-state index is 0.351. The van der Waals surface area contributed by atoms with Crippen LogP contribution in [-0.4, -0.2) is 17.6 Å². The first kappa shape index (κ1) is 14.4. The van der Waals surface area contributed by atoms with E-state index in [4.69, 9.17) is 4.74 Å². The van der Waals surface area contributed by atoms with Crippen molar-refractivity contribution in [1.29, 1.82) is 0 Å². The second-order valence-corrected chi connectivity index (χ2v) is 4.85. The molecule has 20 heavy (non-hydrogen) atoms. The maximum Gasteiger partial charge on any atom is 0.168 e. The Balaban J connectivity index is 1.89. The van der Waals surface area contributed by atoms with Crippen LogP contribution in [0.2, 0.25) is 0 Å². The van der Waals surface area contributed by atoms with Crippen molar-refractivity contribution in [3.63, 3.8) is 0 Å². The van der Waals surface area contributed by atoms with E-state index in [0.717, 1.165) is 24.4 Å². The Labute approximate surface area is 121 Å². The van der Waals surface area contributed by atoms with Gasteiger partial charge >= 0.3 is 0 Å². The van der Waals surface area contributed by atoms with Crippen LogP contribution in [0.1, 0.15) is 25.8 Å². The first-order valence-corrected chi connectivity index (χ1v) is 7.18. The van der Waals surface area contributed by atoms with Gasteiger partial charge in [-0.1, -0.05) is 30.3 Å². The van der Waals surface area contributed by atoms with Crippen molar-refractivity contribution in [1.82, 2.24) is 4.98 Å². The molecule has 0 spiro atoms. The van der Waals surface area contributed by atoms with Crippen molar-refractivity contribution in [3.05, 3.63) is 54.2 Å². The monoisotopic (exact) mass is 270 g/mol. The molecule has 0 amide bonds. The molecule has 0 radical (unpaired) electrons. The molecule has 2 aromatic rings. The first-order valence-electron chi connectivity index (χ1n) is 7.18. The highest BCUT2D eigenvalue weighted by atomic mass is 16.5. The van der Waals surface area contributed by atoms with E-state index < -0.39 is 0 Å². The normalized spacial score (nSPS) is 11.9. The lowest BCUT2D eigenvalue weighted by atomic mass is 10.1. The summed E-state index contributed by atoms with van der Waals surface area (Å²) in [6.07, 6.45) is 3.91. The average molecular weight is 270 g/mol. The van der Waals surface area contributed by atoms with E-state index in [0.29, 0.717) is 12.6 Å². The minimum Gasteiger partial charge on any atom is -0.490 e. The number of aromatic nitrogens is 1. The number of hydrogen-bond acceptors (Lipinski definition) is 3. The molecule has 2 rings (SSSR count). The number of nitrogens with one attached hydrogen (secondary N) is 1. The van der Waals surface area contributed by atoms with Gasteiger partial charge < -0.3 is 10.1 Å². The van der Waals surface area contributed by atoms with Gasteiger partial charge in [-0.2, -0.15) is 0 Å². The zero-order chi connectivity index (χ0) is 14.2. The summed E-state index contributed by atoms with van der Waals surface area (Å²) in [7, 11) is 0. The number of ether oxygens (including phenoxy) is 1. The van der Waals surface area contributed by atoms with Crippen LogP contribution in [0.5, 0.6) is 5.75 Å². The summed E-state index contributed by atoms with van der Waals surface area (Å²) in [5.74, 6) is 1.65. The van der Waals surface area contributed by atoms with Gasteiger partial charge in [0.15, 0.2) is 11.6 Å². The van der Waals surface area contributed by atoms with Crippen molar-refractivity contribution in [2.45, 2.75) is 32.7 Å². The third-order valence-corrected chi connectivity index (χ3v) is 3.16. The smallest absolute Gasteiger partial charge is 0.168 e. The van der Waals surface area contributed by atoms with Crippen LogP contribution in [0, 0.1) is 0 Å². The largest absolute Gasteiger partial charge is 0.490 e. The summed E-state index contributed by atoms with van der Waals surface area (Å²) >= 11 is 0. The van der Waals surface area contributed by atoms with E-state index in [1.165, 1.54) is 5.56 Å². The van der Waals surface area contributed by atoms with E-state index in [1.54, 1.807) is 6.20 Å². The van der Waals surface area contributed by atoms with Crippen molar-refractivity contribution in [2.75, 3.05) is 11.9 Å². The second kappa shape index (κ2) is 7.53. The van der Waals surface area contributed by atoms with Gasteiger partial charge in [0, 0.05) is 12.2 Å². The third kappa shape index (κ3) is 4.26. The number of pyridine rings is 1. The lowest BCUT2D eigenvalue weighted by molar-refractivity contribution is 0.340.